The van der Waals surface area contributed by atoms with Crippen LogP contribution in [0.25, 0.3) is 0 Å². The van der Waals surface area contributed by atoms with Gasteiger partial charge in [0, 0.05) is 26.0 Å². The molecule has 1 aliphatic heterocycles. The van der Waals surface area contributed by atoms with E-state index in [0.29, 0.717) is 24.5 Å². The van der Waals surface area contributed by atoms with Crippen molar-refractivity contribution < 1.29 is 17.9 Å². The highest BCUT2D eigenvalue weighted by Crippen LogP contribution is 2.29. The molecule has 124 valence electrons. The number of sulfone groups is 1. The van der Waals surface area contributed by atoms with Gasteiger partial charge in [-0.1, -0.05) is 0 Å². The molecule has 1 fully saturated rings. The van der Waals surface area contributed by atoms with Crippen LogP contribution in [0.4, 0.5) is 0 Å². The third kappa shape index (κ3) is 2.89. The molecule has 3 heterocycles. The number of amides is 1. The first-order chi connectivity index (χ1) is 10.9. The van der Waals surface area contributed by atoms with Crippen LogP contribution in [-0.2, 0) is 21.6 Å². The Morgan fingerprint density at radius 1 is 1.48 bits per heavy atom. The minimum atomic E-state index is -3.44. The first-order valence-corrected chi connectivity index (χ1v) is 9.02. The highest BCUT2D eigenvalue weighted by atomic mass is 32.2. The number of aromatic amines is 1. The summed E-state index contributed by atoms with van der Waals surface area (Å²) >= 11 is 0. The van der Waals surface area contributed by atoms with Gasteiger partial charge in [-0.25, -0.2) is 8.42 Å². The molecule has 23 heavy (non-hydrogen) atoms. The van der Waals surface area contributed by atoms with E-state index in [9.17, 15) is 13.2 Å². The summed E-state index contributed by atoms with van der Waals surface area (Å²) in [5.41, 5.74) is 0.923. The smallest absolute Gasteiger partial charge is 0.271 e. The molecule has 0 aliphatic carbocycles. The van der Waals surface area contributed by atoms with E-state index in [1.807, 2.05) is 0 Å². The second-order valence-corrected chi connectivity index (χ2v) is 7.50. The van der Waals surface area contributed by atoms with E-state index in [2.05, 4.69) is 10.2 Å². The lowest BCUT2D eigenvalue weighted by Crippen LogP contribution is -2.44. The Bertz CT molecular complexity index is 823. The number of carbonyl (C=O) groups is 1. The molecule has 0 bridgehead atoms. The number of ether oxygens (including phenoxy) is 1. The van der Waals surface area contributed by atoms with E-state index in [4.69, 9.17) is 4.74 Å². The van der Waals surface area contributed by atoms with Crippen molar-refractivity contribution in [1.82, 2.24) is 19.7 Å². The van der Waals surface area contributed by atoms with Crippen molar-refractivity contribution in [2.24, 2.45) is 7.05 Å². The number of carbonyl (C=O) groups excluding carboxylic acids is 1. The molecule has 0 aromatic carbocycles. The maximum absolute atomic E-state index is 12.8. The van der Waals surface area contributed by atoms with Crippen LogP contribution in [0.2, 0.25) is 0 Å². The maximum Gasteiger partial charge on any atom is 0.271 e. The summed E-state index contributed by atoms with van der Waals surface area (Å²) in [5.74, 6) is -0.167. The van der Waals surface area contributed by atoms with Gasteiger partial charge in [-0.2, -0.15) is 5.10 Å². The molecule has 1 aliphatic rings. The Kier molecular flexibility index (Phi) is 3.99. The maximum atomic E-state index is 12.8. The Hall–Kier alpha value is -2.13. The summed E-state index contributed by atoms with van der Waals surface area (Å²) in [4.78, 5) is 14.5. The molecule has 1 atom stereocenters. The highest BCUT2D eigenvalue weighted by molar-refractivity contribution is 7.90. The molecule has 1 unspecified atom stereocenters. The van der Waals surface area contributed by atoms with Crippen molar-refractivity contribution in [3.8, 4) is 0 Å². The van der Waals surface area contributed by atoms with Gasteiger partial charge >= 0.3 is 0 Å². The SMILES string of the molecule is Cn1cccc1C(=O)N1CCOCC1c1[nH]ncc1S(C)(=O)=O. The molecule has 8 nitrogen and oxygen atoms in total. The largest absolute Gasteiger partial charge is 0.377 e. The third-order valence-corrected chi connectivity index (χ3v) is 5.04. The van der Waals surface area contributed by atoms with Crippen molar-refractivity contribution in [2.75, 3.05) is 26.0 Å². The zero-order valence-corrected chi connectivity index (χ0v) is 13.7. The summed E-state index contributed by atoms with van der Waals surface area (Å²) in [6, 6.07) is 3.01. The fourth-order valence-electron chi connectivity index (χ4n) is 2.74. The van der Waals surface area contributed by atoms with E-state index in [1.165, 1.54) is 6.20 Å². The van der Waals surface area contributed by atoms with Gasteiger partial charge < -0.3 is 14.2 Å². The van der Waals surface area contributed by atoms with Crippen LogP contribution < -0.4 is 0 Å². The van der Waals surface area contributed by atoms with Gasteiger partial charge in [0.2, 0.25) is 0 Å². The molecule has 1 saturated heterocycles. The molecular weight excluding hydrogens is 320 g/mol. The predicted molar refractivity (Wildman–Crippen MR) is 81.7 cm³/mol. The second kappa shape index (κ2) is 5.82. The molecule has 1 N–H and O–H groups in total. The van der Waals surface area contributed by atoms with Gasteiger partial charge in [-0.05, 0) is 12.1 Å². The van der Waals surface area contributed by atoms with Crippen LogP contribution in [-0.4, -0.2) is 60.0 Å². The minimum absolute atomic E-state index is 0.0951. The van der Waals surface area contributed by atoms with Crippen molar-refractivity contribution in [3.05, 3.63) is 35.9 Å². The Labute approximate surface area is 134 Å². The summed E-state index contributed by atoms with van der Waals surface area (Å²) < 4.78 is 31.0. The van der Waals surface area contributed by atoms with Crippen LogP contribution in [0.15, 0.2) is 29.4 Å². The van der Waals surface area contributed by atoms with Gasteiger partial charge in [-0.3, -0.25) is 9.89 Å². The summed E-state index contributed by atoms with van der Waals surface area (Å²) in [6.45, 7) is 1.02. The Morgan fingerprint density at radius 2 is 2.26 bits per heavy atom. The average molecular weight is 338 g/mol. The number of aryl methyl sites for hydroxylation is 1. The molecule has 0 radical (unpaired) electrons. The summed E-state index contributed by atoms with van der Waals surface area (Å²) in [5, 5.41) is 6.55. The number of rotatable bonds is 3. The molecule has 0 spiro atoms. The fourth-order valence-corrected chi connectivity index (χ4v) is 3.56. The van der Waals surface area contributed by atoms with Gasteiger partial charge in [0.1, 0.15) is 10.6 Å². The van der Waals surface area contributed by atoms with Gasteiger partial charge in [0.25, 0.3) is 5.91 Å². The van der Waals surface area contributed by atoms with Crippen molar-refractivity contribution in [1.29, 1.82) is 0 Å². The van der Waals surface area contributed by atoms with Crippen LogP contribution >= 0.6 is 0 Å². The van der Waals surface area contributed by atoms with Crippen LogP contribution in [0.3, 0.4) is 0 Å². The molecular formula is C14H18N4O4S. The first-order valence-electron chi connectivity index (χ1n) is 7.13. The zero-order chi connectivity index (χ0) is 16.6. The summed E-state index contributed by atoms with van der Waals surface area (Å²) in [6.07, 6.45) is 4.18. The van der Waals surface area contributed by atoms with Crippen LogP contribution in [0.5, 0.6) is 0 Å². The van der Waals surface area contributed by atoms with Gasteiger partial charge in [0.05, 0.1) is 31.1 Å². The highest BCUT2D eigenvalue weighted by Gasteiger charge is 2.34. The fraction of sp³-hybridized carbons (Fsp3) is 0.429. The normalized spacial score (nSPS) is 19.0. The lowest BCUT2D eigenvalue weighted by Gasteiger charge is -2.35. The third-order valence-electron chi connectivity index (χ3n) is 3.92. The Balaban J connectivity index is 1.99. The average Bonchev–Trinajstić information content (AvgIpc) is 3.14. The number of aromatic nitrogens is 3. The topological polar surface area (TPSA) is 97.3 Å². The van der Waals surface area contributed by atoms with Crippen molar-refractivity contribution in [3.63, 3.8) is 0 Å². The lowest BCUT2D eigenvalue weighted by atomic mass is 10.1. The second-order valence-electron chi connectivity index (χ2n) is 5.51. The van der Waals surface area contributed by atoms with Crippen molar-refractivity contribution >= 4 is 15.7 Å². The van der Waals surface area contributed by atoms with E-state index >= 15 is 0 Å². The number of H-pyrrole nitrogens is 1. The van der Waals surface area contributed by atoms with Crippen LogP contribution in [0, 0.1) is 0 Å². The van der Waals surface area contributed by atoms with Crippen LogP contribution in [0.1, 0.15) is 22.2 Å². The molecule has 3 rings (SSSR count). The van der Waals surface area contributed by atoms with E-state index < -0.39 is 15.9 Å². The first kappa shape index (κ1) is 15.8. The van der Waals surface area contributed by atoms with E-state index in [1.54, 1.807) is 34.8 Å². The van der Waals surface area contributed by atoms with Crippen molar-refractivity contribution in [2.45, 2.75) is 10.9 Å². The summed E-state index contributed by atoms with van der Waals surface area (Å²) in [7, 11) is -1.65. The number of morpholine rings is 1. The van der Waals surface area contributed by atoms with Gasteiger partial charge in [-0.15, -0.1) is 0 Å². The molecule has 2 aromatic rings. The van der Waals surface area contributed by atoms with E-state index in [-0.39, 0.29) is 17.4 Å². The molecule has 2 aromatic heterocycles. The standard InChI is InChI=1S/C14H18N4O4S/c1-17-5-3-4-10(17)14(19)18-6-7-22-9-11(18)13-12(8-15-16-13)23(2,20)21/h3-5,8,11H,6-7,9H2,1-2H3,(H,15,16). The minimum Gasteiger partial charge on any atom is -0.377 e. The monoisotopic (exact) mass is 338 g/mol. The number of nitrogens with one attached hydrogen (secondary N) is 1. The molecule has 1 amide bonds. The Morgan fingerprint density at radius 3 is 2.91 bits per heavy atom. The molecule has 9 heteroatoms. The quantitative estimate of drug-likeness (QED) is 0.872. The van der Waals surface area contributed by atoms with E-state index in [0.717, 1.165) is 6.26 Å². The number of hydrogen-bond donors (Lipinski definition) is 1. The molecule has 0 saturated carbocycles. The lowest BCUT2D eigenvalue weighted by molar-refractivity contribution is -0.00517. The van der Waals surface area contributed by atoms with Gasteiger partial charge in [0.15, 0.2) is 9.84 Å². The number of nitrogens with zero attached hydrogens (tertiary/aromatic N) is 3. The number of hydrogen-bond acceptors (Lipinski definition) is 5. The zero-order valence-electron chi connectivity index (χ0n) is 12.9. The predicted octanol–water partition coefficient (Wildman–Crippen LogP) is 0.365.